The Bertz CT molecular complexity index is 622. The van der Waals surface area contributed by atoms with Crippen molar-refractivity contribution in [3.8, 4) is 5.75 Å². The average molecular weight is 352 g/mol. The van der Waals surface area contributed by atoms with E-state index < -0.39 is 0 Å². The number of hydrogen-bond donors (Lipinski definition) is 1. The van der Waals surface area contributed by atoms with E-state index in [1.807, 2.05) is 17.7 Å². The van der Waals surface area contributed by atoms with Crippen LogP contribution in [0.15, 0.2) is 22.7 Å². The van der Waals surface area contributed by atoms with Gasteiger partial charge in [-0.05, 0) is 60.8 Å². The quantitative estimate of drug-likeness (QED) is 0.869. The molecule has 0 atom stereocenters. The van der Waals surface area contributed by atoms with Crippen molar-refractivity contribution in [3.05, 3.63) is 45.2 Å². The fourth-order valence-corrected chi connectivity index (χ4v) is 2.69. The highest BCUT2D eigenvalue weighted by Gasteiger charge is 2.12. The summed E-state index contributed by atoms with van der Waals surface area (Å²) in [6, 6.07) is 6.33. The molecule has 21 heavy (non-hydrogen) atoms. The number of methoxy groups -OCH3 is 1. The van der Waals surface area contributed by atoms with E-state index in [0.717, 1.165) is 40.0 Å². The maximum Gasteiger partial charge on any atom is 0.123 e. The van der Waals surface area contributed by atoms with Crippen LogP contribution in [0, 0.1) is 13.8 Å². The van der Waals surface area contributed by atoms with Crippen LogP contribution in [-0.2, 0) is 13.0 Å². The predicted molar refractivity (Wildman–Crippen MR) is 88.9 cm³/mol. The van der Waals surface area contributed by atoms with Crippen LogP contribution >= 0.6 is 15.9 Å². The summed E-state index contributed by atoms with van der Waals surface area (Å²) in [6.45, 7) is 5.49. The molecule has 0 radical (unpaired) electrons. The molecule has 5 heteroatoms. The largest absolute Gasteiger partial charge is 0.496 e. The van der Waals surface area contributed by atoms with Crippen molar-refractivity contribution in [2.75, 3.05) is 13.7 Å². The SMILES string of the molecule is COc1ccc(CCCN)cc1Cn1nc(C)c(Br)c1C. The Morgan fingerprint density at radius 3 is 2.67 bits per heavy atom. The van der Waals surface area contributed by atoms with E-state index in [2.05, 4.69) is 40.1 Å². The van der Waals surface area contributed by atoms with Crippen molar-refractivity contribution >= 4 is 15.9 Å². The second kappa shape index (κ2) is 7.09. The smallest absolute Gasteiger partial charge is 0.123 e. The number of aromatic nitrogens is 2. The molecule has 4 nitrogen and oxygen atoms in total. The summed E-state index contributed by atoms with van der Waals surface area (Å²) >= 11 is 3.57. The summed E-state index contributed by atoms with van der Waals surface area (Å²) in [7, 11) is 1.70. The molecule has 0 aliphatic rings. The molecule has 0 amide bonds. The van der Waals surface area contributed by atoms with Gasteiger partial charge in [0.2, 0.25) is 0 Å². The van der Waals surface area contributed by atoms with E-state index >= 15 is 0 Å². The van der Waals surface area contributed by atoms with E-state index in [-0.39, 0.29) is 0 Å². The molecule has 2 rings (SSSR count). The highest BCUT2D eigenvalue weighted by molar-refractivity contribution is 9.10. The van der Waals surface area contributed by atoms with E-state index in [4.69, 9.17) is 10.5 Å². The molecule has 0 spiro atoms. The fraction of sp³-hybridized carbons (Fsp3) is 0.438. The maximum absolute atomic E-state index is 5.59. The fourth-order valence-electron chi connectivity index (χ4n) is 2.41. The maximum atomic E-state index is 5.59. The minimum absolute atomic E-state index is 0.706. The first-order valence-electron chi connectivity index (χ1n) is 7.12. The van der Waals surface area contributed by atoms with E-state index in [1.165, 1.54) is 5.56 Å². The Kier molecular flexibility index (Phi) is 5.42. The topological polar surface area (TPSA) is 53.1 Å². The summed E-state index contributed by atoms with van der Waals surface area (Å²) in [4.78, 5) is 0. The van der Waals surface area contributed by atoms with Gasteiger partial charge in [0.15, 0.2) is 0 Å². The zero-order valence-corrected chi connectivity index (χ0v) is 14.4. The van der Waals surface area contributed by atoms with Crippen molar-refractivity contribution in [2.45, 2.75) is 33.2 Å². The molecule has 0 aliphatic carbocycles. The van der Waals surface area contributed by atoms with Gasteiger partial charge in [0.05, 0.1) is 29.5 Å². The van der Waals surface area contributed by atoms with Crippen LogP contribution in [0.3, 0.4) is 0 Å². The molecule has 1 aromatic heterocycles. The average Bonchev–Trinajstić information content (AvgIpc) is 2.72. The summed E-state index contributed by atoms with van der Waals surface area (Å²) in [5.41, 5.74) is 10.2. The van der Waals surface area contributed by atoms with Crippen molar-refractivity contribution in [2.24, 2.45) is 5.73 Å². The summed E-state index contributed by atoms with van der Waals surface area (Å²) in [6.07, 6.45) is 1.99. The van der Waals surface area contributed by atoms with Crippen molar-refractivity contribution < 1.29 is 4.74 Å². The van der Waals surface area contributed by atoms with Crippen molar-refractivity contribution in [1.82, 2.24) is 9.78 Å². The molecule has 0 aliphatic heterocycles. The summed E-state index contributed by atoms with van der Waals surface area (Å²) in [5, 5.41) is 4.57. The summed E-state index contributed by atoms with van der Waals surface area (Å²) in [5.74, 6) is 0.898. The first-order valence-corrected chi connectivity index (χ1v) is 7.91. The molecule has 0 fully saturated rings. The molecule has 0 saturated heterocycles. The van der Waals surface area contributed by atoms with Crippen LogP contribution in [0.1, 0.15) is 28.9 Å². The number of benzene rings is 1. The third kappa shape index (κ3) is 3.66. The number of rotatable bonds is 6. The lowest BCUT2D eigenvalue weighted by Crippen LogP contribution is -2.07. The number of nitrogens with zero attached hydrogens (tertiary/aromatic N) is 2. The number of ether oxygens (including phenoxy) is 1. The third-order valence-corrected chi connectivity index (χ3v) is 4.78. The normalized spacial score (nSPS) is 10.9. The number of halogens is 1. The second-order valence-electron chi connectivity index (χ2n) is 5.18. The van der Waals surface area contributed by atoms with Crippen LogP contribution in [0.4, 0.5) is 0 Å². The molecular weight excluding hydrogens is 330 g/mol. The highest BCUT2D eigenvalue weighted by atomic mass is 79.9. The molecule has 0 unspecified atom stereocenters. The Morgan fingerprint density at radius 1 is 1.33 bits per heavy atom. The van der Waals surface area contributed by atoms with E-state index in [1.54, 1.807) is 7.11 Å². The van der Waals surface area contributed by atoms with Gasteiger partial charge in [-0.2, -0.15) is 5.10 Å². The molecular formula is C16H22BrN3O. The third-order valence-electron chi connectivity index (χ3n) is 3.63. The first-order chi connectivity index (χ1) is 10.1. The minimum atomic E-state index is 0.706. The Balaban J connectivity index is 2.30. The number of aryl methyl sites for hydroxylation is 2. The Hall–Kier alpha value is -1.33. The lowest BCUT2D eigenvalue weighted by molar-refractivity contribution is 0.407. The van der Waals surface area contributed by atoms with Crippen molar-refractivity contribution in [1.29, 1.82) is 0 Å². The molecule has 2 aromatic rings. The molecule has 0 saturated carbocycles. The van der Waals surface area contributed by atoms with Crippen LogP contribution < -0.4 is 10.5 Å². The van der Waals surface area contributed by atoms with Gasteiger partial charge in [-0.15, -0.1) is 0 Å². The van der Waals surface area contributed by atoms with Gasteiger partial charge in [-0.3, -0.25) is 4.68 Å². The Labute approximate surface area is 134 Å². The minimum Gasteiger partial charge on any atom is -0.496 e. The van der Waals surface area contributed by atoms with E-state index in [9.17, 15) is 0 Å². The van der Waals surface area contributed by atoms with Crippen LogP contribution in [0.2, 0.25) is 0 Å². The van der Waals surface area contributed by atoms with Crippen LogP contribution in [0.5, 0.6) is 5.75 Å². The van der Waals surface area contributed by atoms with Gasteiger partial charge in [0, 0.05) is 5.56 Å². The number of nitrogens with two attached hydrogens (primary N) is 1. The van der Waals surface area contributed by atoms with Gasteiger partial charge >= 0.3 is 0 Å². The van der Waals surface area contributed by atoms with Gasteiger partial charge in [-0.1, -0.05) is 12.1 Å². The highest BCUT2D eigenvalue weighted by Crippen LogP contribution is 2.25. The van der Waals surface area contributed by atoms with Crippen LogP contribution in [-0.4, -0.2) is 23.4 Å². The predicted octanol–water partition coefficient (Wildman–Crippen LogP) is 3.21. The van der Waals surface area contributed by atoms with Gasteiger partial charge < -0.3 is 10.5 Å². The van der Waals surface area contributed by atoms with Gasteiger partial charge in [-0.25, -0.2) is 0 Å². The molecule has 1 aromatic carbocycles. The second-order valence-corrected chi connectivity index (χ2v) is 5.97. The Morgan fingerprint density at radius 2 is 2.10 bits per heavy atom. The van der Waals surface area contributed by atoms with E-state index in [0.29, 0.717) is 13.1 Å². The zero-order valence-electron chi connectivity index (χ0n) is 12.8. The van der Waals surface area contributed by atoms with Crippen molar-refractivity contribution in [3.63, 3.8) is 0 Å². The summed E-state index contributed by atoms with van der Waals surface area (Å²) < 4.78 is 8.55. The van der Waals surface area contributed by atoms with Gasteiger partial charge in [0.1, 0.15) is 5.75 Å². The monoisotopic (exact) mass is 351 g/mol. The number of hydrogen-bond acceptors (Lipinski definition) is 3. The lowest BCUT2D eigenvalue weighted by atomic mass is 10.1. The molecule has 0 bridgehead atoms. The lowest BCUT2D eigenvalue weighted by Gasteiger charge is -2.12. The standard InChI is InChI=1S/C16H22BrN3O/c1-11-16(17)12(2)20(19-11)10-14-9-13(5-4-8-18)6-7-15(14)21-3/h6-7,9H,4-5,8,10,18H2,1-3H3. The van der Waals surface area contributed by atoms with Crippen LogP contribution in [0.25, 0.3) is 0 Å². The molecule has 2 N–H and O–H groups in total. The van der Waals surface area contributed by atoms with Gasteiger partial charge in [0.25, 0.3) is 0 Å². The molecule has 114 valence electrons. The zero-order chi connectivity index (χ0) is 15.4. The first kappa shape index (κ1) is 16.0. The molecule has 1 heterocycles.